The number of hydrogen-bond acceptors (Lipinski definition) is 1. The molecule has 47 heavy (non-hydrogen) atoms. The highest BCUT2D eigenvalue weighted by molar-refractivity contribution is 6.93. The van der Waals surface area contributed by atoms with Crippen LogP contribution < -0.4 is 15.7 Å². The summed E-state index contributed by atoms with van der Waals surface area (Å²) in [5.41, 5.74) is 18.7. The molecule has 7 aromatic rings. The van der Waals surface area contributed by atoms with Crippen LogP contribution in [0.3, 0.4) is 0 Å². The SMILES string of the molecule is Cc1ccc(N2B3c4ccc(C5CCCCC5)cc4-n4c5ccccc5c5c(-c6ccccc6)cc(c3c54)-c3cc(C)ccc32)cc1. The van der Waals surface area contributed by atoms with Gasteiger partial charge < -0.3 is 9.38 Å². The van der Waals surface area contributed by atoms with Crippen LogP contribution in [-0.4, -0.2) is 11.4 Å². The molecule has 226 valence electrons. The van der Waals surface area contributed by atoms with Gasteiger partial charge in [-0.3, -0.25) is 0 Å². The van der Waals surface area contributed by atoms with Crippen LogP contribution in [0.2, 0.25) is 0 Å². The van der Waals surface area contributed by atoms with E-state index in [0.29, 0.717) is 5.92 Å². The first-order chi connectivity index (χ1) is 23.2. The lowest BCUT2D eigenvalue weighted by atomic mass is 9.43. The average molecular weight is 605 g/mol. The Balaban J connectivity index is 1.39. The van der Waals surface area contributed by atoms with Crippen LogP contribution >= 0.6 is 0 Å². The maximum Gasteiger partial charge on any atom is 0.333 e. The van der Waals surface area contributed by atoms with Gasteiger partial charge in [0.15, 0.2) is 0 Å². The number of para-hydroxylation sites is 1. The highest BCUT2D eigenvalue weighted by atomic mass is 15.1. The molecule has 0 bridgehead atoms. The predicted molar refractivity (Wildman–Crippen MR) is 201 cm³/mol. The highest BCUT2D eigenvalue weighted by Gasteiger charge is 2.44. The number of hydrogen-bond donors (Lipinski definition) is 0. The van der Waals surface area contributed by atoms with Gasteiger partial charge in [0.25, 0.3) is 0 Å². The van der Waals surface area contributed by atoms with Crippen molar-refractivity contribution in [2.24, 2.45) is 0 Å². The van der Waals surface area contributed by atoms with Crippen molar-refractivity contribution in [1.82, 2.24) is 4.57 Å². The van der Waals surface area contributed by atoms with Gasteiger partial charge in [0, 0.05) is 33.4 Å². The van der Waals surface area contributed by atoms with Gasteiger partial charge in [-0.25, -0.2) is 0 Å². The first kappa shape index (κ1) is 27.1. The predicted octanol–water partition coefficient (Wildman–Crippen LogP) is 10.4. The van der Waals surface area contributed by atoms with E-state index in [9.17, 15) is 0 Å². The van der Waals surface area contributed by atoms with Gasteiger partial charge in [0.1, 0.15) is 0 Å². The van der Waals surface area contributed by atoms with Gasteiger partial charge in [0.2, 0.25) is 0 Å². The van der Waals surface area contributed by atoms with E-state index in [1.807, 2.05) is 0 Å². The van der Waals surface area contributed by atoms with Gasteiger partial charge in [0.05, 0.1) is 11.0 Å². The van der Waals surface area contributed by atoms with Crippen molar-refractivity contribution >= 4 is 51.0 Å². The van der Waals surface area contributed by atoms with Crippen molar-refractivity contribution in [2.45, 2.75) is 51.9 Å². The number of rotatable bonds is 3. The molecule has 0 amide bonds. The Hall–Kier alpha value is -5.02. The second-order valence-electron chi connectivity index (χ2n) is 14.1. The van der Waals surface area contributed by atoms with E-state index < -0.39 is 0 Å². The van der Waals surface area contributed by atoms with Crippen molar-refractivity contribution in [3.63, 3.8) is 0 Å². The summed E-state index contributed by atoms with van der Waals surface area (Å²) in [7, 11) is 0. The molecular weight excluding hydrogens is 567 g/mol. The van der Waals surface area contributed by atoms with E-state index in [0.717, 1.165) is 0 Å². The van der Waals surface area contributed by atoms with Gasteiger partial charge in [-0.05, 0) is 108 Å². The molecule has 6 aromatic carbocycles. The molecule has 2 nitrogen and oxygen atoms in total. The molecule has 0 N–H and O–H groups in total. The summed E-state index contributed by atoms with van der Waals surface area (Å²) in [6, 6.07) is 46.4. The maximum absolute atomic E-state index is 2.64. The number of nitrogens with zero attached hydrogens (tertiary/aromatic N) is 2. The molecule has 1 fully saturated rings. The zero-order valence-electron chi connectivity index (χ0n) is 27.1. The fourth-order valence-corrected chi connectivity index (χ4v) is 9.09. The molecule has 1 saturated carbocycles. The zero-order chi connectivity index (χ0) is 31.2. The number of fused-ring (bicyclic) bond motifs is 8. The van der Waals surface area contributed by atoms with Crippen molar-refractivity contribution in [3.05, 3.63) is 138 Å². The minimum atomic E-state index is 0.0578. The fraction of sp³-hybridized carbons (Fsp3) is 0.182. The maximum atomic E-state index is 2.64. The Bertz CT molecular complexity index is 2360. The summed E-state index contributed by atoms with van der Waals surface area (Å²) in [5.74, 6) is 0.641. The summed E-state index contributed by atoms with van der Waals surface area (Å²) >= 11 is 0. The minimum absolute atomic E-state index is 0.0578. The fourth-order valence-electron chi connectivity index (χ4n) is 9.09. The van der Waals surface area contributed by atoms with E-state index >= 15 is 0 Å². The molecule has 1 aliphatic carbocycles. The topological polar surface area (TPSA) is 8.17 Å². The van der Waals surface area contributed by atoms with E-state index in [-0.39, 0.29) is 6.85 Å². The van der Waals surface area contributed by atoms with E-state index in [1.54, 1.807) is 0 Å². The molecule has 2 aliphatic heterocycles. The molecular formula is C44H37BN2. The summed E-state index contributed by atoms with van der Waals surface area (Å²) in [6.45, 7) is 4.47. The Labute approximate surface area is 277 Å². The third kappa shape index (κ3) is 3.92. The van der Waals surface area contributed by atoms with Crippen molar-refractivity contribution in [2.75, 3.05) is 4.81 Å². The molecule has 0 radical (unpaired) electrons. The Morgan fingerprint density at radius 1 is 0.617 bits per heavy atom. The smallest absolute Gasteiger partial charge is 0.333 e. The van der Waals surface area contributed by atoms with Crippen LogP contribution in [0, 0.1) is 13.8 Å². The third-order valence-electron chi connectivity index (χ3n) is 11.3. The lowest BCUT2D eigenvalue weighted by molar-refractivity contribution is 0.443. The third-order valence-corrected chi connectivity index (χ3v) is 11.3. The van der Waals surface area contributed by atoms with Crippen LogP contribution in [0.15, 0.2) is 121 Å². The number of aromatic nitrogens is 1. The zero-order valence-corrected chi connectivity index (χ0v) is 27.1. The number of benzene rings is 6. The summed E-state index contributed by atoms with van der Waals surface area (Å²) in [4.78, 5) is 2.64. The van der Waals surface area contributed by atoms with E-state index in [2.05, 4.69) is 145 Å². The largest absolute Gasteiger partial charge is 0.376 e. The van der Waals surface area contributed by atoms with Crippen LogP contribution in [0.25, 0.3) is 49.7 Å². The standard InChI is InChI=1S/C44H37BN2/c1-28-17-21-33(22-18-28)47-40-24-19-29(2)25-36(40)37-27-35(31-13-7-4-8-14-31)42-34-15-9-10-16-39(34)46-41-26-32(30-11-5-3-6-12-30)20-23-38(41)45(47)43(37)44(42)46/h4,7-10,13-27,30H,3,5-6,11-12H2,1-2H3. The first-order valence-electron chi connectivity index (χ1n) is 17.4. The number of anilines is 2. The normalized spacial score (nSPS) is 15.3. The second kappa shape index (κ2) is 10.2. The second-order valence-corrected chi connectivity index (χ2v) is 14.1. The van der Waals surface area contributed by atoms with Crippen LogP contribution in [0.5, 0.6) is 0 Å². The first-order valence-corrected chi connectivity index (χ1v) is 17.4. The summed E-state index contributed by atoms with van der Waals surface area (Å²) in [6.07, 6.45) is 6.64. The van der Waals surface area contributed by atoms with Gasteiger partial charge in [-0.2, -0.15) is 0 Å². The molecule has 0 spiro atoms. The molecule has 10 rings (SSSR count). The summed E-state index contributed by atoms with van der Waals surface area (Å²) < 4.78 is 2.64. The van der Waals surface area contributed by atoms with Crippen molar-refractivity contribution in [3.8, 4) is 27.9 Å². The average Bonchev–Trinajstić information content (AvgIpc) is 3.47. The van der Waals surface area contributed by atoms with Crippen LogP contribution in [0.1, 0.15) is 54.7 Å². The van der Waals surface area contributed by atoms with Gasteiger partial charge in [-0.1, -0.05) is 109 Å². The monoisotopic (exact) mass is 604 g/mol. The Kier molecular flexibility index (Phi) is 5.91. The van der Waals surface area contributed by atoms with Gasteiger partial charge >= 0.3 is 6.85 Å². The van der Waals surface area contributed by atoms with E-state index in [1.165, 1.54) is 121 Å². The van der Waals surface area contributed by atoms with Crippen molar-refractivity contribution in [1.29, 1.82) is 0 Å². The lowest BCUT2D eigenvalue weighted by Gasteiger charge is -2.42. The summed E-state index contributed by atoms with van der Waals surface area (Å²) in [5, 5.41) is 2.69. The Morgan fingerprint density at radius 2 is 1.38 bits per heavy atom. The molecule has 0 saturated heterocycles. The van der Waals surface area contributed by atoms with E-state index in [4.69, 9.17) is 0 Å². The minimum Gasteiger partial charge on any atom is -0.376 e. The number of aryl methyl sites for hydroxylation is 2. The Morgan fingerprint density at radius 3 is 2.21 bits per heavy atom. The molecule has 3 heterocycles. The van der Waals surface area contributed by atoms with Gasteiger partial charge in [-0.15, -0.1) is 0 Å². The van der Waals surface area contributed by atoms with Crippen LogP contribution in [-0.2, 0) is 0 Å². The quantitative estimate of drug-likeness (QED) is 0.182. The highest BCUT2D eigenvalue weighted by Crippen LogP contribution is 2.48. The molecule has 1 aromatic heterocycles. The molecule has 0 atom stereocenters. The van der Waals surface area contributed by atoms with Crippen LogP contribution in [0.4, 0.5) is 11.4 Å². The molecule has 3 aliphatic rings. The van der Waals surface area contributed by atoms with Crippen molar-refractivity contribution < 1.29 is 0 Å². The molecule has 3 heteroatoms. The molecule has 0 unspecified atom stereocenters. The lowest BCUT2D eigenvalue weighted by Crippen LogP contribution is -2.60.